The lowest BCUT2D eigenvalue weighted by atomic mass is 10.0. The number of sulfonamides is 1. The van der Waals surface area contributed by atoms with Gasteiger partial charge in [0, 0.05) is 12.2 Å². The minimum absolute atomic E-state index is 0.125. The van der Waals surface area contributed by atoms with Crippen LogP contribution < -0.4 is 15.8 Å². The number of aliphatic hydroxyl groups is 1. The molecule has 0 spiro atoms. The number of nitrogens with two attached hydrogens (primary N) is 1. The Labute approximate surface area is 137 Å². The first-order valence-electron chi connectivity index (χ1n) is 6.99. The van der Waals surface area contributed by atoms with Gasteiger partial charge in [-0.3, -0.25) is 0 Å². The summed E-state index contributed by atoms with van der Waals surface area (Å²) in [5.74, 6) is 0. The van der Waals surface area contributed by atoms with E-state index in [9.17, 15) is 13.5 Å². The lowest BCUT2D eigenvalue weighted by Gasteiger charge is -2.16. The monoisotopic (exact) mass is 345 g/mol. The molecule has 1 rings (SSSR count). The predicted octanol–water partition coefficient (Wildman–Crippen LogP) is 1.56. The van der Waals surface area contributed by atoms with E-state index in [2.05, 4.69) is 10.0 Å². The van der Waals surface area contributed by atoms with E-state index in [1.54, 1.807) is 26.0 Å². The first kappa shape index (κ1) is 18.8. The molecule has 0 aliphatic carbocycles. The standard InChI is InChI=1S/C14H23N3O3S2/c1-14(2,18)9-3-4-10-16-22(19,20)12-7-5-11(6-8-12)17-13(15)21/h5-8,16,18H,3-4,9-10H2,1-2H3,(H3,15,17,21). The molecule has 0 bridgehead atoms. The zero-order valence-corrected chi connectivity index (χ0v) is 14.4. The third-order valence-electron chi connectivity index (χ3n) is 2.94. The topological polar surface area (TPSA) is 104 Å². The fourth-order valence-corrected chi connectivity index (χ4v) is 3.02. The van der Waals surface area contributed by atoms with E-state index in [4.69, 9.17) is 18.0 Å². The van der Waals surface area contributed by atoms with Gasteiger partial charge in [-0.05, 0) is 69.6 Å². The average molecular weight is 345 g/mol. The number of anilines is 1. The van der Waals surface area contributed by atoms with Crippen LogP contribution in [0.4, 0.5) is 5.69 Å². The van der Waals surface area contributed by atoms with Gasteiger partial charge in [0.25, 0.3) is 0 Å². The van der Waals surface area contributed by atoms with Crippen molar-refractivity contribution in [2.24, 2.45) is 5.73 Å². The van der Waals surface area contributed by atoms with Gasteiger partial charge in [0.05, 0.1) is 10.5 Å². The van der Waals surface area contributed by atoms with E-state index in [0.29, 0.717) is 25.1 Å². The van der Waals surface area contributed by atoms with Crippen LogP contribution in [0.2, 0.25) is 0 Å². The summed E-state index contributed by atoms with van der Waals surface area (Å²) in [6.07, 6.45) is 2.06. The maximum absolute atomic E-state index is 12.1. The molecule has 0 aromatic heterocycles. The average Bonchev–Trinajstić information content (AvgIpc) is 2.36. The third-order valence-corrected chi connectivity index (χ3v) is 4.52. The van der Waals surface area contributed by atoms with E-state index in [1.165, 1.54) is 12.1 Å². The first-order chi connectivity index (χ1) is 10.1. The Morgan fingerprint density at radius 3 is 2.36 bits per heavy atom. The summed E-state index contributed by atoms with van der Waals surface area (Å²) in [6, 6.07) is 6.17. The van der Waals surface area contributed by atoms with Crippen molar-refractivity contribution in [3.8, 4) is 0 Å². The van der Waals surface area contributed by atoms with Crippen LogP contribution in [0.1, 0.15) is 33.1 Å². The highest BCUT2D eigenvalue weighted by molar-refractivity contribution is 7.89. The zero-order valence-electron chi connectivity index (χ0n) is 12.8. The quantitative estimate of drug-likeness (QED) is 0.421. The molecule has 0 amide bonds. The molecular weight excluding hydrogens is 322 g/mol. The number of hydrogen-bond donors (Lipinski definition) is 4. The Morgan fingerprint density at radius 2 is 1.86 bits per heavy atom. The Bertz CT molecular complexity index is 593. The summed E-state index contributed by atoms with van der Waals surface area (Å²) in [6.45, 7) is 3.81. The molecule has 0 unspecified atom stereocenters. The fourth-order valence-electron chi connectivity index (χ4n) is 1.83. The van der Waals surface area contributed by atoms with Gasteiger partial charge in [0.15, 0.2) is 5.11 Å². The highest BCUT2D eigenvalue weighted by atomic mass is 32.2. The van der Waals surface area contributed by atoms with E-state index >= 15 is 0 Å². The zero-order chi connectivity index (χ0) is 16.8. The highest BCUT2D eigenvalue weighted by Gasteiger charge is 2.14. The van der Waals surface area contributed by atoms with E-state index < -0.39 is 15.6 Å². The molecule has 0 fully saturated rings. The second-order valence-corrected chi connectivity index (χ2v) is 7.89. The lowest BCUT2D eigenvalue weighted by molar-refractivity contribution is 0.0684. The van der Waals surface area contributed by atoms with Crippen LogP contribution in [0.25, 0.3) is 0 Å². The van der Waals surface area contributed by atoms with Crippen molar-refractivity contribution >= 4 is 33.0 Å². The minimum Gasteiger partial charge on any atom is -0.390 e. The van der Waals surface area contributed by atoms with Crippen molar-refractivity contribution in [2.45, 2.75) is 43.6 Å². The highest BCUT2D eigenvalue weighted by Crippen LogP contribution is 2.15. The summed E-state index contributed by atoms with van der Waals surface area (Å²) < 4.78 is 26.7. The second kappa shape index (κ2) is 7.87. The molecule has 0 aliphatic rings. The summed E-state index contributed by atoms with van der Waals surface area (Å²) >= 11 is 4.71. The SMILES string of the molecule is CC(C)(O)CCCCNS(=O)(=O)c1ccc(NC(N)=S)cc1. The Kier molecular flexibility index (Phi) is 6.73. The summed E-state index contributed by atoms with van der Waals surface area (Å²) in [7, 11) is -3.53. The number of unbranched alkanes of at least 4 members (excludes halogenated alkanes) is 1. The molecule has 124 valence electrons. The van der Waals surface area contributed by atoms with Crippen molar-refractivity contribution in [1.29, 1.82) is 0 Å². The van der Waals surface area contributed by atoms with Gasteiger partial charge in [0.2, 0.25) is 10.0 Å². The normalized spacial score (nSPS) is 12.1. The summed E-state index contributed by atoms with van der Waals surface area (Å²) in [5.41, 5.74) is 5.26. The fraction of sp³-hybridized carbons (Fsp3) is 0.500. The van der Waals surface area contributed by atoms with Gasteiger partial charge in [-0.1, -0.05) is 0 Å². The van der Waals surface area contributed by atoms with Gasteiger partial charge < -0.3 is 16.2 Å². The van der Waals surface area contributed by atoms with Crippen molar-refractivity contribution in [1.82, 2.24) is 4.72 Å². The Hall–Kier alpha value is -1.22. The Balaban J connectivity index is 2.50. The molecular formula is C14H23N3O3S2. The molecule has 6 nitrogen and oxygen atoms in total. The lowest BCUT2D eigenvalue weighted by Crippen LogP contribution is -2.25. The number of benzene rings is 1. The summed E-state index contributed by atoms with van der Waals surface area (Å²) in [4.78, 5) is 0.184. The molecule has 0 saturated carbocycles. The third kappa shape index (κ3) is 7.17. The van der Waals surface area contributed by atoms with Crippen molar-refractivity contribution in [2.75, 3.05) is 11.9 Å². The second-order valence-electron chi connectivity index (χ2n) is 5.68. The Morgan fingerprint density at radius 1 is 1.27 bits per heavy atom. The molecule has 0 saturated heterocycles. The van der Waals surface area contributed by atoms with Gasteiger partial charge in [-0.2, -0.15) is 0 Å². The number of nitrogens with one attached hydrogen (secondary N) is 2. The molecule has 0 radical (unpaired) electrons. The van der Waals surface area contributed by atoms with Gasteiger partial charge in [-0.15, -0.1) is 0 Å². The van der Waals surface area contributed by atoms with Crippen LogP contribution in [0.5, 0.6) is 0 Å². The number of thiocarbonyl (C=S) groups is 1. The smallest absolute Gasteiger partial charge is 0.240 e. The molecule has 0 atom stereocenters. The van der Waals surface area contributed by atoms with Gasteiger partial charge >= 0.3 is 0 Å². The summed E-state index contributed by atoms with van der Waals surface area (Å²) in [5, 5.41) is 12.4. The van der Waals surface area contributed by atoms with E-state index in [-0.39, 0.29) is 10.0 Å². The van der Waals surface area contributed by atoms with Crippen molar-refractivity contribution in [3.63, 3.8) is 0 Å². The maximum atomic E-state index is 12.1. The van der Waals surface area contributed by atoms with Gasteiger partial charge in [0.1, 0.15) is 0 Å². The van der Waals surface area contributed by atoms with Crippen LogP contribution in [0, 0.1) is 0 Å². The molecule has 1 aromatic carbocycles. The van der Waals surface area contributed by atoms with Crippen LogP contribution in [-0.2, 0) is 10.0 Å². The van der Waals surface area contributed by atoms with Crippen LogP contribution in [0.15, 0.2) is 29.2 Å². The number of hydrogen-bond acceptors (Lipinski definition) is 4. The van der Waals surface area contributed by atoms with Gasteiger partial charge in [-0.25, -0.2) is 13.1 Å². The molecule has 0 aliphatic heterocycles. The molecule has 5 N–H and O–H groups in total. The van der Waals surface area contributed by atoms with Crippen LogP contribution in [-0.4, -0.2) is 30.8 Å². The molecule has 1 aromatic rings. The predicted molar refractivity (Wildman–Crippen MR) is 92.2 cm³/mol. The molecule has 8 heteroatoms. The van der Waals surface area contributed by atoms with E-state index in [1.807, 2.05) is 0 Å². The molecule has 0 heterocycles. The van der Waals surface area contributed by atoms with E-state index in [0.717, 1.165) is 6.42 Å². The van der Waals surface area contributed by atoms with Crippen molar-refractivity contribution < 1.29 is 13.5 Å². The maximum Gasteiger partial charge on any atom is 0.240 e. The first-order valence-corrected chi connectivity index (χ1v) is 8.88. The minimum atomic E-state index is -3.53. The van der Waals surface area contributed by atoms with Crippen LogP contribution >= 0.6 is 12.2 Å². The number of rotatable bonds is 8. The largest absolute Gasteiger partial charge is 0.390 e. The molecule has 22 heavy (non-hydrogen) atoms. The van der Waals surface area contributed by atoms with Crippen LogP contribution in [0.3, 0.4) is 0 Å². The van der Waals surface area contributed by atoms with Crippen molar-refractivity contribution in [3.05, 3.63) is 24.3 Å².